The maximum absolute atomic E-state index is 13.3. The van der Waals surface area contributed by atoms with Crippen LogP contribution in [0.15, 0.2) is 33.3 Å². The number of nitrogens with zero attached hydrogens (tertiary/aromatic N) is 2. The van der Waals surface area contributed by atoms with Gasteiger partial charge in [-0.25, -0.2) is 9.37 Å². The van der Waals surface area contributed by atoms with Gasteiger partial charge in [-0.3, -0.25) is 0 Å². The van der Waals surface area contributed by atoms with Gasteiger partial charge in [0.1, 0.15) is 5.82 Å². The minimum Gasteiger partial charge on any atom is -0.480 e. The number of halogens is 3. The topological polar surface area (TPSA) is 47.0 Å². The number of ether oxygens (including phenoxy) is 1. The first-order chi connectivity index (χ1) is 8.60. The third-order valence-electron chi connectivity index (χ3n) is 2.08. The summed E-state index contributed by atoms with van der Waals surface area (Å²) in [6.07, 6.45) is 1.56. The SMILES string of the molecule is COc1nc(Nc2ccc(Br)c(F)c2)ncc1Br. The van der Waals surface area contributed by atoms with Crippen molar-refractivity contribution < 1.29 is 9.13 Å². The van der Waals surface area contributed by atoms with Crippen molar-refractivity contribution in [2.24, 2.45) is 0 Å². The van der Waals surface area contributed by atoms with Crippen LogP contribution < -0.4 is 10.1 Å². The molecule has 0 saturated heterocycles. The molecular weight excluding hydrogens is 369 g/mol. The van der Waals surface area contributed by atoms with Crippen LogP contribution in [0.3, 0.4) is 0 Å². The highest BCUT2D eigenvalue weighted by Crippen LogP contribution is 2.25. The Balaban J connectivity index is 2.25. The zero-order valence-electron chi connectivity index (χ0n) is 9.25. The molecule has 7 heteroatoms. The zero-order chi connectivity index (χ0) is 13.1. The van der Waals surface area contributed by atoms with Crippen LogP contribution in [0.25, 0.3) is 0 Å². The largest absolute Gasteiger partial charge is 0.480 e. The maximum atomic E-state index is 13.3. The molecule has 0 aliphatic heterocycles. The Morgan fingerprint density at radius 2 is 2.06 bits per heavy atom. The van der Waals surface area contributed by atoms with Crippen molar-refractivity contribution in [3.05, 3.63) is 39.2 Å². The van der Waals surface area contributed by atoms with Crippen molar-refractivity contribution >= 4 is 43.5 Å². The fourth-order valence-corrected chi connectivity index (χ4v) is 1.86. The lowest BCUT2D eigenvalue weighted by Gasteiger charge is -2.07. The van der Waals surface area contributed by atoms with Gasteiger partial charge in [0.25, 0.3) is 0 Å². The molecule has 0 radical (unpaired) electrons. The van der Waals surface area contributed by atoms with Gasteiger partial charge in [0, 0.05) is 5.69 Å². The molecule has 0 saturated carbocycles. The lowest BCUT2D eigenvalue weighted by molar-refractivity contribution is 0.394. The molecule has 0 atom stereocenters. The number of aromatic nitrogens is 2. The van der Waals surface area contributed by atoms with Crippen LogP contribution >= 0.6 is 31.9 Å². The molecule has 1 heterocycles. The van der Waals surface area contributed by atoms with Gasteiger partial charge in [-0.05, 0) is 50.1 Å². The van der Waals surface area contributed by atoms with Crippen LogP contribution in [-0.2, 0) is 0 Å². The summed E-state index contributed by atoms with van der Waals surface area (Å²) in [6, 6.07) is 4.67. The molecule has 0 aliphatic rings. The lowest BCUT2D eigenvalue weighted by atomic mass is 10.3. The molecule has 4 nitrogen and oxygen atoms in total. The maximum Gasteiger partial charge on any atom is 0.232 e. The normalized spacial score (nSPS) is 10.2. The highest BCUT2D eigenvalue weighted by molar-refractivity contribution is 9.10. The van der Waals surface area contributed by atoms with E-state index in [4.69, 9.17) is 4.74 Å². The number of hydrogen-bond acceptors (Lipinski definition) is 4. The van der Waals surface area contributed by atoms with E-state index in [0.29, 0.717) is 26.5 Å². The van der Waals surface area contributed by atoms with E-state index in [1.165, 1.54) is 13.2 Å². The van der Waals surface area contributed by atoms with E-state index in [9.17, 15) is 4.39 Å². The number of anilines is 2. The number of benzene rings is 1. The molecule has 1 aromatic carbocycles. The van der Waals surface area contributed by atoms with Crippen molar-refractivity contribution in [3.8, 4) is 5.88 Å². The number of methoxy groups -OCH3 is 1. The highest BCUT2D eigenvalue weighted by atomic mass is 79.9. The molecule has 18 heavy (non-hydrogen) atoms. The second kappa shape index (κ2) is 5.62. The van der Waals surface area contributed by atoms with Gasteiger partial charge in [0.05, 0.1) is 22.3 Å². The number of rotatable bonds is 3. The van der Waals surface area contributed by atoms with E-state index in [1.54, 1.807) is 18.3 Å². The van der Waals surface area contributed by atoms with Crippen molar-refractivity contribution in [1.29, 1.82) is 0 Å². The van der Waals surface area contributed by atoms with E-state index in [-0.39, 0.29) is 5.82 Å². The Morgan fingerprint density at radius 1 is 1.28 bits per heavy atom. The fourth-order valence-electron chi connectivity index (χ4n) is 1.26. The summed E-state index contributed by atoms with van der Waals surface area (Å²) in [6.45, 7) is 0. The first-order valence-corrected chi connectivity index (χ1v) is 6.47. The summed E-state index contributed by atoms with van der Waals surface area (Å²) in [5, 5.41) is 2.89. The van der Waals surface area contributed by atoms with Gasteiger partial charge in [-0.2, -0.15) is 4.98 Å². The minimum atomic E-state index is -0.357. The molecule has 94 valence electrons. The van der Waals surface area contributed by atoms with Gasteiger partial charge in [0.2, 0.25) is 11.8 Å². The van der Waals surface area contributed by atoms with Crippen LogP contribution in [-0.4, -0.2) is 17.1 Å². The summed E-state index contributed by atoms with van der Waals surface area (Å²) in [5.74, 6) is 0.380. The smallest absolute Gasteiger partial charge is 0.232 e. The Bertz CT molecular complexity index is 580. The molecule has 0 aliphatic carbocycles. The van der Waals surface area contributed by atoms with Crippen LogP contribution in [0, 0.1) is 5.82 Å². The first-order valence-electron chi connectivity index (χ1n) is 4.89. The predicted molar refractivity (Wildman–Crippen MR) is 73.7 cm³/mol. The van der Waals surface area contributed by atoms with Gasteiger partial charge in [-0.1, -0.05) is 0 Å². The Kier molecular flexibility index (Phi) is 4.13. The monoisotopic (exact) mass is 375 g/mol. The fraction of sp³-hybridized carbons (Fsp3) is 0.0909. The van der Waals surface area contributed by atoms with E-state index >= 15 is 0 Å². The van der Waals surface area contributed by atoms with Crippen molar-refractivity contribution in [1.82, 2.24) is 9.97 Å². The molecule has 0 amide bonds. The van der Waals surface area contributed by atoms with Gasteiger partial charge in [-0.15, -0.1) is 0 Å². The van der Waals surface area contributed by atoms with E-state index < -0.39 is 0 Å². The molecule has 2 rings (SSSR count). The molecule has 1 N–H and O–H groups in total. The lowest BCUT2D eigenvalue weighted by Crippen LogP contribution is -1.99. The van der Waals surface area contributed by atoms with Crippen LogP contribution in [0.4, 0.5) is 16.0 Å². The standard InChI is InChI=1S/C11H8Br2FN3O/c1-18-10-8(13)5-15-11(17-10)16-6-2-3-7(12)9(14)4-6/h2-5H,1H3,(H,15,16,17). The summed E-state index contributed by atoms with van der Waals surface area (Å²) < 4.78 is 19.4. The van der Waals surface area contributed by atoms with Crippen LogP contribution in [0.1, 0.15) is 0 Å². The Hall–Kier alpha value is -1.21. The van der Waals surface area contributed by atoms with Gasteiger partial charge < -0.3 is 10.1 Å². The Labute approximate surface area is 120 Å². The summed E-state index contributed by atoms with van der Waals surface area (Å²) in [5.41, 5.74) is 0.556. The molecule has 0 unspecified atom stereocenters. The van der Waals surface area contributed by atoms with Crippen molar-refractivity contribution in [2.45, 2.75) is 0 Å². The second-order valence-corrected chi connectivity index (χ2v) is 5.01. The molecule has 0 fully saturated rings. The average Bonchev–Trinajstić information content (AvgIpc) is 2.36. The third-order valence-corrected chi connectivity index (χ3v) is 3.27. The first kappa shape index (κ1) is 13.2. The van der Waals surface area contributed by atoms with E-state index in [0.717, 1.165) is 0 Å². The van der Waals surface area contributed by atoms with Crippen LogP contribution in [0.2, 0.25) is 0 Å². The minimum absolute atomic E-state index is 0.330. The molecule has 2 aromatic rings. The van der Waals surface area contributed by atoms with Gasteiger partial charge >= 0.3 is 0 Å². The van der Waals surface area contributed by atoms with E-state index in [2.05, 4.69) is 47.1 Å². The van der Waals surface area contributed by atoms with Gasteiger partial charge in [0.15, 0.2) is 0 Å². The summed E-state index contributed by atoms with van der Waals surface area (Å²) >= 11 is 6.34. The summed E-state index contributed by atoms with van der Waals surface area (Å²) in [4.78, 5) is 8.16. The molecule has 0 spiro atoms. The Morgan fingerprint density at radius 3 is 2.72 bits per heavy atom. The van der Waals surface area contributed by atoms with Crippen molar-refractivity contribution in [3.63, 3.8) is 0 Å². The van der Waals surface area contributed by atoms with E-state index in [1.807, 2.05) is 0 Å². The molecule has 0 bridgehead atoms. The predicted octanol–water partition coefficient (Wildman–Crippen LogP) is 3.89. The zero-order valence-corrected chi connectivity index (χ0v) is 12.4. The average molecular weight is 377 g/mol. The number of hydrogen-bond donors (Lipinski definition) is 1. The molecular formula is C11H8Br2FN3O. The second-order valence-electron chi connectivity index (χ2n) is 3.30. The highest BCUT2D eigenvalue weighted by Gasteiger charge is 2.06. The quantitative estimate of drug-likeness (QED) is 0.882. The number of nitrogens with one attached hydrogen (secondary N) is 1. The van der Waals surface area contributed by atoms with Crippen molar-refractivity contribution in [2.75, 3.05) is 12.4 Å². The van der Waals surface area contributed by atoms with Crippen LogP contribution in [0.5, 0.6) is 5.88 Å². The summed E-state index contributed by atoms with van der Waals surface area (Å²) in [7, 11) is 1.51. The third kappa shape index (κ3) is 2.97. The molecule has 1 aromatic heterocycles.